The molecule has 0 bridgehead atoms. The van der Waals surface area contributed by atoms with Crippen molar-refractivity contribution in [2.24, 2.45) is 0 Å². The van der Waals surface area contributed by atoms with Gasteiger partial charge in [-0.2, -0.15) is 0 Å². The summed E-state index contributed by atoms with van der Waals surface area (Å²) in [5, 5.41) is 3.91. The molecular weight excluding hydrogens is 258 g/mol. The Balaban J connectivity index is 3.17. The number of halogens is 1. The molecule has 0 aliphatic rings. The third kappa shape index (κ3) is 11.8. The Morgan fingerprint density at radius 1 is 1.27 bits per heavy atom. The van der Waals surface area contributed by atoms with E-state index in [4.69, 9.17) is 4.74 Å². The van der Waals surface area contributed by atoms with Gasteiger partial charge < -0.3 is 10.1 Å². The van der Waals surface area contributed by atoms with E-state index in [1.54, 1.807) is 0 Å². The summed E-state index contributed by atoms with van der Waals surface area (Å²) in [6.45, 7) is 4.79. The zero-order chi connectivity index (χ0) is 11.5. The first-order valence-electron chi connectivity index (χ1n) is 5.61. The topological polar surface area (TPSA) is 38.3 Å². The number of hydrogen-bond acceptors (Lipinski definition) is 2. The number of alkyl halides is 1. The molecule has 0 saturated heterocycles. The summed E-state index contributed by atoms with van der Waals surface area (Å²) in [6.07, 6.45) is 4.79. The Labute approximate surface area is 101 Å². The van der Waals surface area contributed by atoms with E-state index < -0.39 is 0 Å². The first-order valence-corrected chi connectivity index (χ1v) is 6.73. The number of unbranched alkanes of at least 4 members (excludes halogenated alkanes) is 3. The van der Waals surface area contributed by atoms with Gasteiger partial charge in [0.15, 0.2) is 0 Å². The Bertz CT molecular complexity index is 163. The van der Waals surface area contributed by atoms with Crippen LogP contribution in [0.3, 0.4) is 0 Å². The summed E-state index contributed by atoms with van der Waals surface area (Å²) in [7, 11) is 0. The average molecular weight is 280 g/mol. The standard InChI is InChI=1S/C11H22BrNO2/c1-10(2)15-9-11(14)13-8-6-4-3-5-7-12/h10H,3-9H2,1-2H3,(H,13,14). The second-order valence-corrected chi connectivity index (χ2v) is 4.61. The third-order valence-electron chi connectivity index (χ3n) is 1.93. The van der Waals surface area contributed by atoms with Crippen molar-refractivity contribution in [2.45, 2.75) is 45.6 Å². The Hall–Kier alpha value is -0.0900. The molecule has 0 radical (unpaired) electrons. The smallest absolute Gasteiger partial charge is 0.246 e. The van der Waals surface area contributed by atoms with E-state index in [9.17, 15) is 4.79 Å². The van der Waals surface area contributed by atoms with E-state index in [0.717, 1.165) is 18.3 Å². The van der Waals surface area contributed by atoms with Crippen LogP contribution in [-0.4, -0.2) is 30.5 Å². The number of ether oxygens (including phenoxy) is 1. The molecule has 0 aromatic carbocycles. The molecule has 0 aliphatic carbocycles. The molecule has 15 heavy (non-hydrogen) atoms. The van der Waals surface area contributed by atoms with Crippen molar-refractivity contribution in [1.82, 2.24) is 5.32 Å². The van der Waals surface area contributed by atoms with E-state index in [-0.39, 0.29) is 18.6 Å². The van der Waals surface area contributed by atoms with Crippen molar-refractivity contribution in [1.29, 1.82) is 0 Å². The van der Waals surface area contributed by atoms with Gasteiger partial charge in [0.25, 0.3) is 0 Å². The van der Waals surface area contributed by atoms with Crippen LogP contribution >= 0.6 is 15.9 Å². The highest BCUT2D eigenvalue weighted by atomic mass is 79.9. The lowest BCUT2D eigenvalue weighted by atomic mass is 10.2. The SMILES string of the molecule is CC(C)OCC(=O)NCCCCCCBr. The fourth-order valence-corrected chi connectivity index (χ4v) is 1.49. The van der Waals surface area contributed by atoms with E-state index in [0.29, 0.717) is 0 Å². The maximum Gasteiger partial charge on any atom is 0.246 e. The largest absolute Gasteiger partial charge is 0.369 e. The zero-order valence-corrected chi connectivity index (χ0v) is 11.3. The molecule has 0 rings (SSSR count). The highest BCUT2D eigenvalue weighted by Gasteiger charge is 2.01. The summed E-state index contributed by atoms with van der Waals surface area (Å²) in [6, 6.07) is 0. The van der Waals surface area contributed by atoms with Crippen molar-refractivity contribution in [3.8, 4) is 0 Å². The molecule has 0 aromatic heterocycles. The van der Waals surface area contributed by atoms with E-state index in [1.165, 1.54) is 19.3 Å². The molecule has 0 aromatic rings. The van der Waals surface area contributed by atoms with Crippen LogP contribution in [0.4, 0.5) is 0 Å². The lowest BCUT2D eigenvalue weighted by Gasteiger charge is -2.08. The summed E-state index contributed by atoms with van der Waals surface area (Å²) >= 11 is 3.39. The van der Waals surface area contributed by atoms with Crippen molar-refractivity contribution >= 4 is 21.8 Å². The van der Waals surface area contributed by atoms with Gasteiger partial charge in [0.1, 0.15) is 6.61 Å². The molecular formula is C11H22BrNO2. The quantitative estimate of drug-likeness (QED) is 0.520. The van der Waals surface area contributed by atoms with Crippen LogP contribution < -0.4 is 5.32 Å². The summed E-state index contributed by atoms with van der Waals surface area (Å²) in [5.41, 5.74) is 0. The van der Waals surface area contributed by atoms with Gasteiger partial charge in [-0.1, -0.05) is 28.8 Å². The third-order valence-corrected chi connectivity index (χ3v) is 2.49. The molecule has 90 valence electrons. The first-order chi connectivity index (χ1) is 7.16. The highest BCUT2D eigenvalue weighted by molar-refractivity contribution is 9.09. The van der Waals surface area contributed by atoms with Crippen molar-refractivity contribution in [2.75, 3.05) is 18.5 Å². The maximum atomic E-state index is 11.2. The minimum absolute atomic E-state index is 0.0100. The molecule has 1 N–H and O–H groups in total. The van der Waals surface area contributed by atoms with Crippen LogP contribution in [-0.2, 0) is 9.53 Å². The molecule has 3 nitrogen and oxygen atoms in total. The maximum absolute atomic E-state index is 11.2. The van der Waals surface area contributed by atoms with Crippen LogP contribution in [0.1, 0.15) is 39.5 Å². The normalized spacial score (nSPS) is 10.7. The van der Waals surface area contributed by atoms with Crippen LogP contribution in [0.5, 0.6) is 0 Å². The number of carbonyl (C=O) groups is 1. The van der Waals surface area contributed by atoms with E-state index >= 15 is 0 Å². The van der Waals surface area contributed by atoms with Gasteiger partial charge in [-0.3, -0.25) is 4.79 Å². The molecule has 0 atom stereocenters. The second kappa shape index (κ2) is 10.4. The summed E-state index contributed by atoms with van der Waals surface area (Å²) in [5.74, 6) is -0.0100. The van der Waals surface area contributed by atoms with Crippen LogP contribution in [0.2, 0.25) is 0 Å². The number of nitrogens with one attached hydrogen (secondary N) is 1. The molecule has 0 spiro atoms. The minimum Gasteiger partial charge on any atom is -0.369 e. The molecule has 0 fully saturated rings. The summed E-state index contributed by atoms with van der Waals surface area (Å²) < 4.78 is 5.18. The molecule has 4 heteroatoms. The average Bonchev–Trinajstić information content (AvgIpc) is 2.20. The van der Waals surface area contributed by atoms with Gasteiger partial charge in [-0.05, 0) is 26.7 Å². The monoisotopic (exact) mass is 279 g/mol. The molecule has 0 aliphatic heterocycles. The van der Waals surface area contributed by atoms with E-state index in [1.807, 2.05) is 13.8 Å². The molecule has 1 amide bonds. The number of rotatable bonds is 9. The van der Waals surface area contributed by atoms with Gasteiger partial charge in [-0.25, -0.2) is 0 Å². The lowest BCUT2D eigenvalue weighted by Crippen LogP contribution is -2.29. The lowest BCUT2D eigenvalue weighted by molar-refractivity contribution is -0.127. The molecule has 0 unspecified atom stereocenters. The van der Waals surface area contributed by atoms with E-state index in [2.05, 4.69) is 21.2 Å². The molecule has 0 saturated carbocycles. The van der Waals surface area contributed by atoms with Gasteiger partial charge in [0.05, 0.1) is 6.10 Å². The Morgan fingerprint density at radius 3 is 2.53 bits per heavy atom. The van der Waals surface area contributed by atoms with Crippen molar-refractivity contribution in [3.63, 3.8) is 0 Å². The minimum atomic E-state index is -0.0100. The van der Waals surface area contributed by atoms with Gasteiger partial charge in [0, 0.05) is 11.9 Å². The fourth-order valence-electron chi connectivity index (χ4n) is 1.09. The first kappa shape index (κ1) is 14.9. The highest BCUT2D eigenvalue weighted by Crippen LogP contribution is 2.00. The zero-order valence-electron chi connectivity index (χ0n) is 9.72. The van der Waals surface area contributed by atoms with Gasteiger partial charge in [-0.15, -0.1) is 0 Å². The van der Waals surface area contributed by atoms with Gasteiger partial charge >= 0.3 is 0 Å². The van der Waals surface area contributed by atoms with Crippen molar-refractivity contribution in [3.05, 3.63) is 0 Å². The Kier molecular flexibility index (Phi) is 10.4. The van der Waals surface area contributed by atoms with Gasteiger partial charge in [0.2, 0.25) is 5.91 Å². The number of amides is 1. The Morgan fingerprint density at radius 2 is 1.93 bits per heavy atom. The second-order valence-electron chi connectivity index (χ2n) is 3.81. The predicted molar refractivity (Wildman–Crippen MR) is 66.4 cm³/mol. The number of hydrogen-bond donors (Lipinski definition) is 1. The van der Waals surface area contributed by atoms with Crippen molar-refractivity contribution < 1.29 is 9.53 Å². The number of carbonyl (C=O) groups excluding carboxylic acids is 1. The van der Waals surface area contributed by atoms with Crippen LogP contribution in [0.15, 0.2) is 0 Å². The molecule has 0 heterocycles. The fraction of sp³-hybridized carbons (Fsp3) is 0.909. The van der Waals surface area contributed by atoms with Crippen LogP contribution in [0.25, 0.3) is 0 Å². The summed E-state index contributed by atoms with van der Waals surface area (Å²) in [4.78, 5) is 11.2. The van der Waals surface area contributed by atoms with Crippen LogP contribution in [0, 0.1) is 0 Å². The predicted octanol–water partition coefficient (Wildman–Crippen LogP) is 2.48.